The van der Waals surface area contributed by atoms with Gasteiger partial charge < -0.3 is 0 Å². The Bertz CT molecular complexity index is 668. The van der Waals surface area contributed by atoms with Crippen LogP contribution in [0.3, 0.4) is 0 Å². The van der Waals surface area contributed by atoms with E-state index in [1.807, 2.05) is 37.7 Å². The van der Waals surface area contributed by atoms with Crippen LogP contribution in [-0.2, 0) is 19.1 Å². The van der Waals surface area contributed by atoms with E-state index in [0.29, 0.717) is 24.6 Å². The van der Waals surface area contributed by atoms with Gasteiger partial charge in [-0.2, -0.15) is 0 Å². The van der Waals surface area contributed by atoms with Crippen molar-refractivity contribution in [3.05, 3.63) is 29.5 Å². The number of carbonyl (C=O) groups is 2. The minimum atomic E-state index is -0.247. The molecule has 0 saturated heterocycles. The molecule has 2 heterocycles. The molecule has 0 atom stereocenters. The van der Waals surface area contributed by atoms with Crippen molar-refractivity contribution in [3.8, 4) is 0 Å². The zero-order valence-corrected chi connectivity index (χ0v) is 21.0. The van der Waals surface area contributed by atoms with Gasteiger partial charge in [-0.15, -0.1) is 0 Å². The first-order valence-corrected chi connectivity index (χ1v) is 13.1. The Morgan fingerprint density at radius 2 is 1.14 bits per heavy atom. The van der Waals surface area contributed by atoms with Gasteiger partial charge in [-0.05, 0) is 0 Å². The number of hydrogen-bond donors (Lipinski definition) is 0. The van der Waals surface area contributed by atoms with Crippen molar-refractivity contribution >= 4 is 41.9 Å². The maximum absolute atomic E-state index is 12.5. The summed E-state index contributed by atoms with van der Waals surface area (Å²) in [5.74, 6) is -0.495. The second-order valence-electron chi connectivity index (χ2n) is 6.72. The third-order valence-electron chi connectivity index (χ3n) is 4.48. The van der Waals surface area contributed by atoms with Crippen LogP contribution in [0.5, 0.6) is 0 Å². The fourth-order valence-electron chi connectivity index (χ4n) is 2.89. The average Bonchev–Trinajstić information content (AvgIpc) is 3.10. The van der Waals surface area contributed by atoms with Crippen LogP contribution in [0.4, 0.5) is 0 Å². The molecular formula is C20H30N2O4Se2. The van der Waals surface area contributed by atoms with Gasteiger partial charge in [0.15, 0.2) is 0 Å². The standard InChI is InChI=1S/C20H30N2O4Se2/c1-7-9-11-25-19(23)15-13(3)27-17(21(15)5)18-22(6)16(14(4)28-18)20(24)26-12-10-8-2/h7-12H2,1-6H3/b18-17-. The number of allylic oxidation sites excluding steroid dienone is 2. The Morgan fingerprint density at radius 1 is 0.786 bits per heavy atom. The molecule has 2 aliphatic heterocycles. The van der Waals surface area contributed by atoms with E-state index in [2.05, 4.69) is 13.8 Å². The van der Waals surface area contributed by atoms with Crippen molar-refractivity contribution in [2.45, 2.75) is 53.4 Å². The van der Waals surface area contributed by atoms with Crippen LogP contribution in [0.1, 0.15) is 53.4 Å². The summed E-state index contributed by atoms with van der Waals surface area (Å²) in [6.07, 6.45) is 3.74. The van der Waals surface area contributed by atoms with Crippen LogP contribution in [0, 0.1) is 0 Å². The summed E-state index contributed by atoms with van der Waals surface area (Å²) < 4.78 is 15.3. The van der Waals surface area contributed by atoms with Crippen molar-refractivity contribution in [2.75, 3.05) is 27.3 Å². The molecule has 2 rings (SSSR count). The molecule has 0 fully saturated rings. The third-order valence-corrected chi connectivity index (χ3v) is 10.0. The molecule has 0 saturated carbocycles. The molecule has 0 N–H and O–H groups in total. The van der Waals surface area contributed by atoms with Gasteiger partial charge in [0.25, 0.3) is 0 Å². The average molecular weight is 520 g/mol. The first-order chi connectivity index (χ1) is 13.3. The molecule has 6 nitrogen and oxygen atoms in total. The predicted octanol–water partition coefficient (Wildman–Crippen LogP) is 2.56. The van der Waals surface area contributed by atoms with Gasteiger partial charge >= 0.3 is 181 Å². The molecule has 0 bridgehead atoms. The summed E-state index contributed by atoms with van der Waals surface area (Å²) in [4.78, 5) is 29.0. The van der Waals surface area contributed by atoms with Crippen LogP contribution in [-0.4, -0.2) is 79.0 Å². The predicted molar refractivity (Wildman–Crippen MR) is 111 cm³/mol. The molecule has 0 radical (unpaired) electrons. The molecule has 28 heavy (non-hydrogen) atoms. The van der Waals surface area contributed by atoms with E-state index >= 15 is 0 Å². The molecule has 0 aromatic rings. The summed E-state index contributed by atoms with van der Waals surface area (Å²) in [5.41, 5.74) is 1.30. The number of carbonyl (C=O) groups excluding carboxylic acids is 2. The van der Waals surface area contributed by atoms with E-state index in [9.17, 15) is 9.59 Å². The molecule has 0 unspecified atom stereocenters. The Morgan fingerprint density at radius 3 is 1.46 bits per heavy atom. The van der Waals surface area contributed by atoms with Crippen molar-refractivity contribution in [3.63, 3.8) is 0 Å². The normalized spacial score (nSPS) is 19.8. The van der Waals surface area contributed by atoms with Crippen LogP contribution in [0.2, 0.25) is 0 Å². The van der Waals surface area contributed by atoms with Crippen LogP contribution >= 0.6 is 0 Å². The molecule has 0 aromatic heterocycles. The zero-order chi connectivity index (χ0) is 20.8. The molecule has 0 aromatic carbocycles. The SMILES string of the molecule is CCCCOC(=O)C1=C(C)[Se]/C(=C2\[Se]C(C)=C(C(=O)OCCCC)N2C)N1C. The van der Waals surface area contributed by atoms with E-state index in [4.69, 9.17) is 9.47 Å². The topological polar surface area (TPSA) is 59.1 Å². The van der Waals surface area contributed by atoms with Gasteiger partial charge in [-0.25, -0.2) is 0 Å². The van der Waals surface area contributed by atoms with E-state index in [1.165, 1.54) is 0 Å². The second-order valence-corrected chi connectivity index (χ2v) is 11.8. The first kappa shape index (κ1) is 23.1. The summed E-state index contributed by atoms with van der Waals surface area (Å²) in [6.45, 7) is 9.06. The van der Waals surface area contributed by atoms with Gasteiger partial charge in [0, 0.05) is 0 Å². The number of likely N-dealkylation sites (N-methyl/N-ethyl adjacent to an activating group) is 2. The van der Waals surface area contributed by atoms with Gasteiger partial charge in [-0.3, -0.25) is 0 Å². The molecule has 0 aliphatic carbocycles. The quantitative estimate of drug-likeness (QED) is 0.279. The second kappa shape index (κ2) is 10.5. The molecule has 8 heteroatoms. The van der Waals surface area contributed by atoms with Gasteiger partial charge in [-0.1, -0.05) is 0 Å². The minimum absolute atomic E-state index is 0.0427. The first-order valence-electron chi connectivity index (χ1n) is 9.66. The third kappa shape index (κ3) is 5.04. The monoisotopic (exact) mass is 522 g/mol. The van der Waals surface area contributed by atoms with Crippen molar-refractivity contribution < 1.29 is 19.1 Å². The van der Waals surface area contributed by atoms with Crippen molar-refractivity contribution in [1.29, 1.82) is 0 Å². The van der Waals surface area contributed by atoms with E-state index < -0.39 is 0 Å². The molecule has 0 spiro atoms. The van der Waals surface area contributed by atoms with Crippen LogP contribution in [0.15, 0.2) is 29.5 Å². The van der Waals surface area contributed by atoms with E-state index in [1.54, 1.807) is 0 Å². The molecule has 0 amide bonds. The molecule has 156 valence electrons. The van der Waals surface area contributed by atoms with Gasteiger partial charge in [0.1, 0.15) is 0 Å². The number of unbranched alkanes of at least 4 members (excludes halogenated alkanes) is 2. The fourth-order valence-corrected chi connectivity index (χ4v) is 8.24. The number of nitrogens with zero attached hydrogens (tertiary/aromatic N) is 2. The summed E-state index contributed by atoms with van der Waals surface area (Å²) >= 11 is 0.0854. The van der Waals surface area contributed by atoms with E-state index in [-0.39, 0.29) is 41.9 Å². The number of esters is 2. The summed E-state index contributed by atoms with van der Waals surface area (Å²) in [5, 5.41) is 0. The van der Waals surface area contributed by atoms with Crippen molar-refractivity contribution in [1.82, 2.24) is 9.80 Å². The number of ether oxygens (including phenoxy) is 2. The van der Waals surface area contributed by atoms with Crippen LogP contribution in [0.25, 0.3) is 0 Å². The molecular weight excluding hydrogens is 490 g/mol. The van der Waals surface area contributed by atoms with Crippen LogP contribution < -0.4 is 0 Å². The van der Waals surface area contributed by atoms with Crippen molar-refractivity contribution in [2.24, 2.45) is 0 Å². The Hall–Kier alpha value is -1.20. The zero-order valence-electron chi connectivity index (χ0n) is 17.6. The van der Waals surface area contributed by atoms with Gasteiger partial charge in [0.2, 0.25) is 0 Å². The fraction of sp³-hybridized carbons (Fsp3) is 0.600. The molecule has 2 aliphatic rings. The maximum atomic E-state index is 12.5. The van der Waals surface area contributed by atoms with E-state index in [0.717, 1.165) is 43.8 Å². The van der Waals surface area contributed by atoms with Gasteiger partial charge in [0.05, 0.1) is 0 Å². The summed E-state index contributed by atoms with van der Waals surface area (Å²) in [6, 6.07) is 0. The Kier molecular flexibility index (Phi) is 8.69. The number of hydrogen-bond acceptors (Lipinski definition) is 6. The Labute approximate surface area is 180 Å². The summed E-state index contributed by atoms with van der Waals surface area (Å²) in [7, 11) is 3.85. The number of rotatable bonds is 8. The Balaban J connectivity index is 2.15.